The molecule has 3 aliphatic rings. The maximum absolute atomic E-state index is 11.2. The summed E-state index contributed by atoms with van der Waals surface area (Å²) < 4.78 is 0. The smallest absolute Gasteiger partial charge is 0.407 e. The van der Waals surface area contributed by atoms with E-state index in [1.807, 2.05) is 12.1 Å². The molecule has 3 atom stereocenters. The number of fused-ring (bicyclic) bond motifs is 1. The lowest BCUT2D eigenvalue weighted by Crippen LogP contribution is -2.32. The Morgan fingerprint density at radius 2 is 1.88 bits per heavy atom. The van der Waals surface area contributed by atoms with Gasteiger partial charge in [0.1, 0.15) is 0 Å². The molecule has 3 fully saturated rings. The van der Waals surface area contributed by atoms with Crippen LogP contribution in [0, 0.1) is 17.8 Å². The van der Waals surface area contributed by atoms with Crippen molar-refractivity contribution in [3.8, 4) is 0 Å². The molecule has 3 heterocycles. The van der Waals surface area contributed by atoms with Crippen LogP contribution in [0.1, 0.15) is 12.0 Å². The summed E-state index contributed by atoms with van der Waals surface area (Å²) in [6, 6.07) is 6.09. The number of aliphatic hydroxyl groups excluding tert-OH is 1. The molecule has 0 aliphatic carbocycles. The molecule has 1 aromatic carbocycles. The number of para-hydroxylation sites is 1. The van der Waals surface area contributed by atoms with Gasteiger partial charge in [-0.3, -0.25) is 4.90 Å². The topological polar surface area (TPSA) is 67.2 Å². The minimum atomic E-state index is -0.796. The van der Waals surface area contributed by atoms with Crippen LogP contribution in [0.25, 0.3) is 0 Å². The van der Waals surface area contributed by atoms with Crippen molar-refractivity contribution in [2.24, 2.45) is 17.8 Å². The Morgan fingerprint density at radius 3 is 2.50 bits per heavy atom. The van der Waals surface area contributed by atoms with Gasteiger partial charge in [0, 0.05) is 58.3 Å². The summed E-state index contributed by atoms with van der Waals surface area (Å²) >= 11 is 6.54. The molecule has 3 saturated heterocycles. The van der Waals surface area contributed by atoms with E-state index in [0.717, 1.165) is 49.9 Å². The van der Waals surface area contributed by atoms with Crippen LogP contribution in [-0.4, -0.2) is 72.0 Å². The standard InChI is InChI=1S/C19H26ClN3O3/c20-17-3-1-2-14(18(17)22-5-4-13(6-22)12-24)7-21-8-15-10-23(19(25)26)11-16(15)9-21/h1-3,13,15-16,24H,4-12H2,(H,25,26)/t13-,15?,16?/m0/s1. The number of hydrogen-bond acceptors (Lipinski definition) is 4. The average Bonchev–Trinajstić information content (AvgIpc) is 3.29. The number of anilines is 1. The fourth-order valence-corrected chi connectivity index (χ4v) is 5.16. The molecular weight excluding hydrogens is 354 g/mol. The second-order valence-corrected chi connectivity index (χ2v) is 8.34. The largest absolute Gasteiger partial charge is 0.465 e. The lowest BCUT2D eigenvalue weighted by Gasteiger charge is -2.26. The average molecular weight is 380 g/mol. The number of likely N-dealkylation sites (tertiary alicyclic amines) is 2. The molecule has 0 spiro atoms. The molecule has 26 heavy (non-hydrogen) atoms. The van der Waals surface area contributed by atoms with E-state index in [1.54, 1.807) is 4.90 Å². The van der Waals surface area contributed by atoms with E-state index in [2.05, 4.69) is 15.9 Å². The van der Waals surface area contributed by atoms with E-state index in [1.165, 1.54) is 5.56 Å². The molecule has 0 aromatic heterocycles. The van der Waals surface area contributed by atoms with Gasteiger partial charge in [0.2, 0.25) is 0 Å². The van der Waals surface area contributed by atoms with Crippen molar-refractivity contribution < 1.29 is 15.0 Å². The maximum Gasteiger partial charge on any atom is 0.407 e. The highest BCUT2D eigenvalue weighted by Crippen LogP contribution is 2.37. The molecule has 1 aromatic rings. The predicted octanol–water partition coefficient (Wildman–Crippen LogP) is 2.20. The third-order valence-corrected chi connectivity index (χ3v) is 6.46. The Bertz CT molecular complexity index is 672. The molecule has 0 saturated carbocycles. The van der Waals surface area contributed by atoms with E-state index in [9.17, 15) is 15.0 Å². The lowest BCUT2D eigenvalue weighted by molar-refractivity contribution is 0.148. The minimum absolute atomic E-state index is 0.228. The molecule has 4 rings (SSSR count). The van der Waals surface area contributed by atoms with Crippen LogP contribution in [-0.2, 0) is 6.54 Å². The van der Waals surface area contributed by atoms with Crippen molar-refractivity contribution in [2.75, 3.05) is 50.8 Å². The molecular formula is C19H26ClN3O3. The number of benzene rings is 1. The monoisotopic (exact) mass is 379 g/mol. The number of rotatable bonds is 4. The van der Waals surface area contributed by atoms with E-state index < -0.39 is 6.09 Å². The molecule has 3 aliphatic heterocycles. The van der Waals surface area contributed by atoms with Crippen molar-refractivity contribution in [3.63, 3.8) is 0 Å². The van der Waals surface area contributed by atoms with Crippen molar-refractivity contribution in [1.29, 1.82) is 0 Å². The molecule has 2 unspecified atom stereocenters. The van der Waals surface area contributed by atoms with Gasteiger partial charge < -0.3 is 20.0 Å². The molecule has 7 heteroatoms. The Hall–Kier alpha value is -1.50. The lowest BCUT2D eigenvalue weighted by atomic mass is 10.0. The highest BCUT2D eigenvalue weighted by molar-refractivity contribution is 6.33. The second kappa shape index (κ2) is 7.25. The third kappa shape index (κ3) is 3.38. The summed E-state index contributed by atoms with van der Waals surface area (Å²) in [5, 5.41) is 19.4. The van der Waals surface area contributed by atoms with Gasteiger partial charge in [-0.05, 0) is 29.9 Å². The Balaban J connectivity index is 1.45. The zero-order valence-electron chi connectivity index (χ0n) is 14.9. The first-order chi connectivity index (χ1) is 12.5. The molecule has 142 valence electrons. The van der Waals surface area contributed by atoms with Crippen molar-refractivity contribution in [3.05, 3.63) is 28.8 Å². The van der Waals surface area contributed by atoms with Gasteiger partial charge in [-0.2, -0.15) is 0 Å². The summed E-state index contributed by atoms with van der Waals surface area (Å²) in [5.41, 5.74) is 2.33. The quantitative estimate of drug-likeness (QED) is 0.839. The van der Waals surface area contributed by atoms with E-state index in [4.69, 9.17) is 11.6 Å². The molecule has 0 radical (unpaired) electrons. The van der Waals surface area contributed by atoms with E-state index >= 15 is 0 Å². The normalized spacial score (nSPS) is 28.8. The number of aliphatic hydroxyl groups is 1. The van der Waals surface area contributed by atoms with E-state index in [-0.39, 0.29) is 6.61 Å². The Morgan fingerprint density at radius 1 is 1.15 bits per heavy atom. The molecule has 1 amide bonds. The number of halogens is 1. The number of amides is 1. The Labute approximate surface area is 158 Å². The van der Waals surface area contributed by atoms with Gasteiger partial charge in [-0.25, -0.2) is 4.79 Å². The summed E-state index contributed by atoms with van der Waals surface area (Å²) in [5.74, 6) is 1.21. The summed E-state index contributed by atoms with van der Waals surface area (Å²) in [7, 11) is 0. The van der Waals surface area contributed by atoms with Gasteiger partial charge in [0.05, 0.1) is 10.7 Å². The fraction of sp³-hybridized carbons (Fsp3) is 0.632. The van der Waals surface area contributed by atoms with Gasteiger partial charge in [0.25, 0.3) is 0 Å². The van der Waals surface area contributed by atoms with Crippen molar-refractivity contribution >= 4 is 23.4 Å². The number of hydrogen-bond donors (Lipinski definition) is 2. The maximum atomic E-state index is 11.2. The summed E-state index contributed by atoms with van der Waals surface area (Å²) in [6.07, 6.45) is 0.204. The third-order valence-electron chi connectivity index (χ3n) is 6.16. The second-order valence-electron chi connectivity index (χ2n) is 7.93. The predicted molar refractivity (Wildman–Crippen MR) is 101 cm³/mol. The number of nitrogens with zero attached hydrogens (tertiary/aromatic N) is 3. The Kier molecular flexibility index (Phi) is 4.99. The zero-order valence-corrected chi connectivity index (χ0v) is 15.6. The van der Waals surface area contributed by atoms with E-state index in [0.29, 0.717) is 30.8 Å². The number of carboxylic acid groups (broad SMARTS) is 1. The van der Waals surface area contributed by atoms with Crippen LogP contribution >= 0.6 is 11.6 Å². The first kappa shape index (κ1) is 17.9. The first-order valence-electron chi connectivity index (χ1n) is 9.38. The number of carbonyl (C=O) groups is 1. The SMILES string of the molecule is O=C(O)N1CC2CN(Cc3cccc(Cl)c3N3CC[C@H](CO)C3)CC2C1. The van der Waals surface area contributed by atoms with Crippen LogP contribution < -0.4 is 4.90 Å². The zero-order chi connectivity index (χ0) is 18.3. The van der Waals surface area contributed by atoms with Crippen LogP contribution in [0.4, 0.5) is 10.5 Å². The van der Waals surface area contributed by atoms with Gasteiger partial charge >= 0.3 is 6.09 Å². The van der Waals surface area contributed by atoms with Crippen molar-refractivity contribution in [1.82, 2.24) is 9.80 Å². The molecule has 6 nitrogen and oxygen atoms in total. The molecule has 0 bridgehead atoms. The van der Waals surface area contributed by atoms with Crippen LogP contribution in [0.2, 0.25) is 5.02 Å². The van der Waals surface area contributed by atoms with Gasteiger partial charge in [-0.1, -0.05) is 23.7 Å². The summed E-state index contributed by atoms with van der Waals surface area (Å²) in [6.45, 7) is 6.06. The van der Waals surface area contributed by atoms with Crippen LogP contribution in [0.5, 0.6) is 0 Å². The first-order valence-corrected chi connectivity index (χ1v) is 9.76. The summed E-state index contributed by atoms with van der Waals surface area (Å²) in [4.78, 5) is 17.5. The highest BCUT2D eigenvalue weighted by atomic mass is 35.5. The fourth-order valence-electron chi connectivity index (χ4n) is 4.84. The minimum Gasteiger partial charge on any atom is -0.465 e. The van der Waals surface area contributed by atoms with Crippen LogP contribution in [0.3, 0.4) is 0 Å². The van der Waals surface area contributed by atoms with Gasteiger partial charge in [-0.15, -0.1) is 0 Å². The van der Waals surface area contributed by atoms with Gasteiger partial charge in [0.15, 0.2) is 0 Å². The van der Waals surface area contributed by atoms with Crippen molar-refractivity contribution in [2.45, 2.75) is 13.0 Å². The van der Waals surface area contributed by atoms with Crippen LogP contribution in [0.15, 0.2) is 18.2 Å². The highest BCUT2D eigenvalue weighted by Gasteiger charge is 2.41. The molecule has 2 N–H and O–H groups in total.